The highest BCUT2D eigenvalue weighted by Gasteiger charge is 2.45. The molecule has 4 heterocycles. The SMILES string of the molecule is C=C[C@]1(CC)C(=O)OCc2c1cc1n(c2=O)Cc2c-1nc1cc(F)c(C)c3c1c2[C@@H](NC(=O)COCNC(=O)CC)CC3. The van der Waals surface area contributed by atoms with Gasteiger partial charge in [0.15, 0.2) is 0 Å². The quantitative estimate of drug-likeness (QED) is 0.140. The summed E-state index contributed by atoms with van der Waals surface area (Å²) in [5.41, 5.74) is 3.93. The maximum atomic E-state index is 15.1. The monoisotopic (exact) mass is 588 g/mol. The van der Waals surface area contributed by atoms with Crippen molar-refractivity contribution in [3.05, 3.63) is 74.3 Å². The minimum atomic E-state index is -1.17. The second-order valence-corrected chi connectivity index (χ2v) is 11.2. The van der Waals surface area contributed by atoms with Gasteiger partial charge in [-0.2, -0.15) is 0 Å². The zero-order valence-corrected chi connectivity index (χ0v) is 24.4. The number of esters is 1. The van der Waals surface area contributed by atoms with Crippen LogP contribution in [0.1, 0.15) is 72.5 Å². The number of nitrogens with one attached hydrogen (secondary N) is 2. The molecule has 3 aromatic rings. The number of aromatic nitrogens is 2. The molecule has 0 spiro atoms. The van der Waals surface area contributed by atoms with E-state index >= 15 is 4.39 Å². The third-order valence-electron chi connectivity index (χ3n) is 9.09. The fraction of sp³-hybridized carbons (Fsp3) is 0.406. The number of pyridine rings is 2. The van der Waals surface area contributed by atoms with E-state index in [0.717, 1.165) is 22.1 Å². The predicted molar refractivity (Wildman–Crippen MR) is 156 cm³/mol. The first kappa shape index (κ1) is 28.7. The van der Waals surface area contributed by atoms with Gasteiger partial charge in [-0.15, -0.1) is 6.58 Å². The Morgan fingerprint density at radius 2 is 2.02 bits per heavy atom. The highest BCUT2D eigenvalue weighted by molar-refractivity contribution is 5.94. The number of nitrogens with zero attached hydrogens (tertiary/aromatic N) is 2. The second-order valence-electron chi connectivity index (χ2n) is 11.2. The summed E-state index contributed by atoms with van der Waals surface area (Å²) in [5, 5.41) is 6.40. The van der Waals surface area contributed by atoms with Crippen LogP contribution in [-0.2, 0) is 48.8 Å². The summed E-state index contributed by atoms with van der Waals surface area (Å²) < 4.78 is 27.5. The molecule has 2 aromatic heterocycles. The normalized spacial score (nSPS) is 19.7. The van der Waals surface area contributed by atoms with Crippen LogP contribution in [-0.4, -0.2) is 40.7 Å². The van der Waals surface area contributed by atoms with Crippen LogP contribution in [0, 0.1) is 12.7 Å². The van der Waals surface area contributed by atoms with Crippen molar-refractivity contribution < 1.29 is 28.2 Å². The molecular formula is C32H33FN4O6. The van der Waals surface area contributed by atoms with Gasteiger partial charge in [0, 0.05) is 23.4 Å². The number of amides is 2. The first-order chi connectivity index (χ1) is 20.6. The van der Waals surface area contributed by atoms with Crippen molar-refractivity contribution in [2.75, 3.05) is 13.3 Å². The average Bonchev–Trinajstić information content (AvgIpc) is 3.37. The Bertz CT molecular complexity index is 1800. The van der Waals surface area contributed by atoms with E-state index in [4.69, 9.17) is 14.5 Å². The Labute approximate surface area is 247 Å². The molecule has 43 heavy (non-hydrogen) atoms. The number of hydrogen-bond donors (Lipinski definition) is 2. The molecule has 0 fully saturated rings. The number of aryl methyl sites for hydroxylation is 1. The standard InChI is InChI=1S/C32H33FN4O6/c1-5-25(38)34-15-42-14-26(39)35-22-9-8-17-16(4)21(33)11-23-27(17)28(22)18-12-37-24(29(18)36-23)10-20-19(30(37)40)13-43-31(41)32(20,6-2)7-3/h6,10-11,22H,2,5,7-9,12-15H2,1,3-4H3,(H,34,38)(H,35,39)/t22-,32+/m0/s1. The molecule has 2 atom stereocenters. The summed E-state index contributed by atoms with van der Waals surface area (Å²) in [6.45, 7) is 8.92. The molecule has 2 N–H and O–H groups in total. The van der Waals surface area contributed by atoms with Crippen molar-refractivity contribution in [3.63, 3.8) is 0 Å². The molecule has 1 aromatic carbocycles. The van der Waals surface area contributed by atoms with Crippen molar-refractivity contribution in [1.82, 2.24) is 20.2 Å². The molecule has 0 bridgehead atoms. The summed E-state index contributed by atoms with van der Waals surface area (Å²) in [6, 6.07) is 2.78. The van der Waals surface area contributed by atoms with Gasteiger partial charge in [0.05, 0.1) is 35.1 Å². The molecule has 6 rings (SSSR count). The number of carbonyl (C=O) groups is 3. The Kier molecular flexibility index (Phi) is 7.16. The van der Waals surface area contributed by atoms with Crippen LogP contribution in [0.25, 0.3) is 22.3 Å². The van der Waals surface area contributed by atoms with Crippen molar-refractivity contribution in [1.29, 1.82) is 0 Å². The van der Waals surface area contributed by atoms with Crippen LogP contribution in [0.3, 0.4) is 0 Å². The lowest BCUT2D eigenvalue weighted by Crippen LogP contribution is -2.43. The van der Waals surface area contributed by atoms with Crippen LogP contribution in [0.4, 0.5) is 4.39 Å². The van der Waals surface area contributed by atoms with Crippen LogP contribution in [0.5, 0.6) is 0 Å². The molecule has 11 heteroatoms. The topological polar surface area (TPSA) is 129 Å². The molecule has 0 radical (unpaired) electrons. The van der Waals surface area contributed by atoms with Gasteiger partial charge in [-0.05, 0) is 54.5 Å². The van der Waals surface area contributed by atoms with E-state index in [1.807, 2.05) is 13.0 Å². The summed E-state index contributed by atoms with van der Waals surface area (Å²) in [5.74, 6) is -1.37. The van der Waals surface area contributed by atoms with Crippen molar-refractivity contribution >= 4 is 28.7 Å². The van der Waals surface area contributed by atoms with Crippen LogP contribution < -0.4 is 16.2 Å². The largest absolute Gasteiger partial charge is 0.460 e. The maximum Gasteiger partial charge on any atom is 0.320 e. The number of hydrogen-bond acceptors (Lipinski definition) is 7. The molecule has 3 aliphatic rings. The number of cyclic esters (lactones) is 1. The smallest absolute Gasteiger partial charge is 0.320 e. The summed E-state index contributed by atoms with van der Waals surface area (Å²) in [6.07, 6.45) is 3.25. The lowest BCUT2D eigenvalue weighted by Gasteiger charge is -2.33. The van der Waals surface area contributed by atoms with Gasteiger partial charge in [0.25, 0.3) is 5.56 Å². The average molecular weight is 589 g/mol. The summed E-state index contributed by atoms with van der Waals surface area (Å²) in [7, 11) is 0. The van der Waals surface area contributed by atoms with E-state index < -0.39 is 17.4 Å². The Morgan fingerprint density at radius 3 is 2.74 bits per heavy atom. The molecule has 0 saturated heterocycles. The second kappa shape index (κ2) is 10.7. The third-order valence-corrected chi connectivity index (χ3v) is 9.09. The highest BCUT2D eigenvalue weighted by atomic mass is 19.1. The van der Waals surface area contributed by atoms with E-state index in [0.29, 0.717) is 59.3 Å². The number of benzene rings is 1. The molecule has 0 saturated carbocycles. The van der Waals surface area contributed by atoms with E-state index in [1.165, 1.54) is 12.1 Å². The van der Waals surface area contributed by atoms with Crippen molar-refractivity contribution in [2.45, 2.75) is 71.1 Å². The van der Waals surface area contributed by atoms with E-state index in [1.54, 1.807) is 18.4 Å². The fourth-order valence-electron chi connectivity index (χ4n) is 6.71. The summed E-state index contributed by atoms with van der Waals surface area (Å²) in [4.78, 5) is 56.2. The third kappa shape index (κ3) is 4.36. The van der Waals surface area contributed by atoms with Gasteiger partial charge >= 0.3 is 5.97 Å². The van der Waals surface area contributed by atoms with Gasteiger partial charge in [-0.1, -0.05) is 19.9 Å². The minimum Gasteiger partial charge on any atom is -0.460 e. The van der Waals surface area contributed by atoms with Crippen LogP contribution >= 0.6 is 0 Å². The fourth-order valence-corrected chi connectivity index (χ4v) is 6.71. The zero-order chi connectivity index (χ0) is 30.6. The van der Waals surface area contributed by atoms with Gasteiger partial charge in [-0.3, -0.25) is 19.2 Å². The Morgan fingerprint density at radius 1 is 1.23 bits per heavy atom. The Hall–Kier alpha value is -4.38. The van der Waals surface area contributed by atoms with E-state index in [-0.39, 0.29) is 49.7 Å². The van der Waals surface area contributed by atoms with Crippen molar-refractivity contribution in [3.8, 4) is 11.4 Å². The van der Waals surface area contributed by atoms with Gasteiger partial charge in [0.1, 0.15) is 31.2 Å². The first-order valence-corrected chi connectivity index (χ1v) is 14.5. The van der Waals surface area contributed by atoms with E-state index in [9.17, 15) is 19.2 Å². The molecular weight excluding hydrogens is 555 g/mol. The predicted octanol–water partition coefficient (Wildman–Crippen LogP) is 3.37. The van der Waals surface area contributed by atoms with Crippen LogP contribution in [0.15, 0.2) is 29.6 Å². The molecule has 10 nitrogen and oxygen atoms in total. The van der Waals surface area contributed by atoms with Crippen molar-refractivity contribution in [2.24, 2.45) is 0 Å². The number of fused-ring (bicyclic) bond motifs is 5. The molecule has 0 unspecified atom stereocenters. The minimum absolute atomic E-state index is 0.0833. The van der Waals surface area contributed by atoms with Crippen LogP contribution in [0.2, 0.25) is 0 Å². The number of halogens is 1. The molecule has 2 amide bonds. The maximum absolute atomic E-state index is 15.1. The molecule has 2 aliphatic heterocycles. The molecule has 1 aliphatic carbocycles. The first-order valence-electron chi connectivity index (χ1n) is 14.5. The zero-order valence-electron chi connectivity index (χ0n) is 24.4. The summed E-state index contributed by atoms with van der Waals surface area (Å²) >= 11 is 0. The van der Waals surface area contributed by atoms with Gasteiger partial charge in [-0.25, -0.2) is 9.37 Å². The Balaban J connectivity index is 1.47. The number of rotatable bonds is 8. The van der Waals surface area contributed by atoms with E-state index in [2.05, 4.69) is 17.2 Å². The number of carbonyl (C=O) groups excluding carboxylic acids is 3. The molecule has 224 valence electrons. The highest BCUT2D eigenvalue weighted by Crippen LogP contribution is 2.46. The van der Waals surface area contributed by atoms with Gasteiger partial charge in [0.2, 0.25) is 11.8 Å². The lowest BCUT2D eigenvalue weighted by atomic mass is 9.75. The lowest BCUT2D eigenvalue weighted by molar-refractivity contribution is -0.152. The van der Waals surface area contributed by atoms with Gasteiger partial charge < -0.3 is 24.7 Å². The number of ether oxygens (including phenoxy) is 2.